The van der Waals surface area contributed by atoms with Gasteiger partial charge in [-0.2, -0.15) is 5.10 Å². The SMILES string of the molecule is C/C(=N/Nc1cc(-c2ccccc2)nc(C)n1)c1ccc(N)cc1. The Morgan fingerprint density at radius 1 is 1.00 bits per heavy atom. The number of aromatic nitrogens is 2. The first-order chi connectivity index (χ1) is 11.6. The summed E-state index contributed by atoms with van der Waals surface area (Å²) in [6, 6.07) is 19.5. The van der Waals surface area contributed by atoms with Crippen LogP contribution in [0.15, 0.2) is 65.8 Å². The van der Waals surface area contributed by atoms with Gasteiger partial charge in [-0.1, -0.05) is 42.5 Å². The van der Waals surface area contributed by atoms with E-state index in [1.54, 1.807) is 0 Å². The van der Waals surface area contributed by atoms with Gasteiger partial charge < -0.3 is 5.73 Å². The molecular weight excluding hydrogens is 298 g/mol. The Balaban J connectivity index is 1.84. The van der Waals surface area contributed by atoms with Gasteiger partial charge in [0.05, 0.1) is 11.4 Å². The average Bonchev–Trinajstić information content (AvgIpc) is 2.60. The van der Waals surface area contributed by atoms with Crippen molar-refractivity contribution in [3.63, 3.8) is 0 Å². The predicted molar refractivity (Wildman–Crippen MR) is 98.9 cm³/mol. The zero-order chi connectivity index (χ0) is 16.9. The van der Waals surface area contributed by atoms with Crippen molar-refractivity contribution in [2.24, 2.45) is 5.10 Å². The maximum atomic E-state index is 5.71. The van der Waals surface area contributed by atoms with E-state index in [1.807, 2.05) is 74.5 Å². The summed E-state index contributed by atoms with van der Waals surface area (Å²) in [6.07, 6.45) is 0. The van der Waals surface area contributed by atoms with Gasteiger partial charge in [-0.05, 0) is 31.5 Å². The molecule has 0 bridgehead atoms. The van der Waals surface area contributed by atoms with E-state index in [-0.39, 0.29) is 0 Å². The van der Waals surface area contributed by atoms with Crippen LogP contribution in [0.25, 0.3) is 11.3 Å². The minimum absolute atomic E-state index is 0.663. The number of hydrazone groups is 1. The highest BCUT2D eigenvalue weighted by atomic mass is 15.3. The molecule has 1 heterocycles. The summed E-state index contributed by atoms with van der Waals surface area (Å²) in [5.74, 6) is 1.36. The summed E-state index contributed by atoms with van der Waals surface area (Å²) in [6.45, 7) is 3.80. The number of anilines is 2. The normalized spacial score (nSPS) is 11.3. The molecule has 3 N–H and O–H groups in total. The maximum Gasteiger partial charge on any atom is 0.150 e. The van der Waals surface area contributed by atoms with Gasteiger partial charge in [0.25, 0.3) is 0 Å². The van der Waals surface area contributed by atoms with Crippen molar-refractivity contribution < 1.29 is 0 Å². The number of benzene rings is 2. The van der Waals surface area contributed by atoms with Crippen LogP contribution in [0.5, 0.6) is 0 Å². The average molecular weight is 317 g/mol. The lowest BCUT2D eigenvalue weighted by Gasteiger charge is -2.07. The van der Waals surface area contributed by atoms with Gasteiger partial charge in [-0.25, -0.2) is 9.97 Å². The molecule has 120 valence electrons. The van der Waals surface area contributed by atoms with Crippen LogP contribution in [0.1, 0.15) is 18.3 Å². The molecule has 0 aliphatic carbocycles. The molecule has 24 heavy (non-hydrogen) atoms. The highest BCUT2D eigenvalue weighted by molar-refractivity contribution is 5.99. The standard InChI is InChI=1S/C19H19N5/c1-13(15-8-10-17(20)11-9-15)23-24-19-12-18(21-14(2)22-19)16-6-4-3-5-7-16/h3-12H,20H2,1-2H3,(H,21,22,24)/b23-13-. The van der Waals surface area contributed by atoms with Crippen LogP contribution in [0.4, 0.5) is 11.5 Å². The second-order valence-corrected chi connectivity index (χ2v) is 5.48. The van der Waals surface area contributed by atoms with Crippen LogP contribution >= 0.6 is 0 Å². The van der Waals surface area contributed by atoms with Gasteiger partial charge in [0.15, 0.2) is 0 Å². The fourth-order valence-electron chi connectivity index (χ4n) is 2.31. The molecule has 3 rings (SSSR count). The number of hydrogen-bond donors (Lipinski definition) is 2. The monoisotopic (exact) mass is 317 g/mol. The van der Waals surface area contributed by atoms with Crippen LogP contribution in [0.2, 0.25) is 0 Å². The summed E-state index contributed by atoms with van der Waals surface area (Å²) in [5, 5.41) is 4.41. The topological polar surface area (TPSA) is 76.2 Å². The van der Waals surface area contributed by atoms with E-state index >= 15 is 0 Å². The molecule has 0 aliphatic rings. The summed E-state index contributed by atoms with van der Waals surface area (Å²) in [5.41, 5.74) is 13.2. The van der Waals surface area contributed by atoms with E-state index in [1.165, 1.54) is 0 Å². The zero-order valence-corrected chi connectivity index (χ0v) is 13.7. The Morgan fingerprint density at radius 2 is 1.71 bits per heavy atom. The number of nitrogens with one attached hydrogen (secondary N) is 1. The van der Waals surface area contributed by atoms with Crippen LogP contribution < -0.4 is 11.2 Å². The molecule has 0 spiro atoms. The first-order valence-electron chi connectivity index (χ1n) is 7.69. The van der Waals surface area contributed by atoms with Crippen molar-refractivity contribution in [3.05, 3.63) is 72.1 Å². The largest absolute Gasteiger partial charge is 0.399 e. The summed E-state index contributed by atoms with van der Waals surface area (Å²) >= 11 is 0. The predicted octanol–water partition coefficient (Wildman–Crippen LogP) is 3.87. The highest BCUT2D eigenvalue weighted by Gasteiger charge is 2.04. The quantitative estimate of drug-likeness (QED) is 0.435. The molecule has 0 atom stereocenters. The number of aryl methyl sites for hydroxylation is 1. The molecule has 0 saturated heterocycles. The first-order valence-corrected chi connectivity index (χ1v) is 7.69. The Bertz CT molecular complexity index is 855. The molecule has 5 nitrogen and oxygen atoms in total. The second kappa shape index (κ2) is 6.91. The van der Waals surface area contributed by atoms with Crippen molar-refractivity contribution in [3.8, 4) is 11.3 Å². The van der Waals surface area contributed by atoms with Gasteiger partial charge in [-0.15, -0.1) is 0 Å². The van der Waals surface area contributed by atoms with Crippen molar-refractivity contribution in [2.75, 3.05) is 11.2 Å². The molecule has 3 aromatic rings. The van der Waals surface area contributed by atoms with Crippen LogP contribution in [0, 0.1) is 6.92 Å². The number of nitrogens with zero attached hydrogens (tertiary/aromatic N) is 3. The molecule has 2 aromatic carbocycles. The number of nitrogen functional groups attached to an aromatic ring is 1. The minimum atomic E-state index is 0.663. The minimum Gasteiger partial charge on any atom is -0.399 e. The van der Waals surface area contributed by atoms with Gasteiger partial charge >= 0.3 is 0 Å². The van der Waals surface area contributed by atoms with Crippen molar-refractivity contribution in [1.82, 2.24) is 9.97 Å². The van der Waals surface area contributed by atoms with Crippen LogP contribution in [-0.2, 0) is 0 Å². The smallest absolute Gasteiger partial charge is 0.150 e. The lowest BCUT2D eigenvalue weighted by atomic mass is 10.1. The second-order valence-electron chi connectivity index (χ2n) is 5.48. The fourth-order valence-corrected chi connectivity index (χ4v) is 2.31. The molecule has 0 saturated carbocycles. The summed E-state index contributed by atoms with van der Waals surface area (Å²) < 4.78 is 0. The third kappa shape index (κ3) is 3.76. The molecule has 0 radical (unpaired) electrons. The van der Waals surface area contributed by atoms with E-state index in [4.69, 9.17) is 5.73 Å². The highest BCUT2D eigenvalue weighted by Crippen LogP contribution is 2.19. The Kier molecular flexibility index (Phi) is 4.52. The van der Waals surface area contributed by atoms with Crippen LogP contribution in [0.3, 0.4) is 0 Å². The van der Waals surface area contributed by atoms with E-state index in [0.717, 1.165) is 28.2 Å². The molecular formula is C19H19N5. The van der Waals surface area contributed by atoms with Gasteiger partial charge in [-0.3, -0.25) is 5.43 Å². The molecule has 1 aromatic heterocycles. The van der Waals surface area contributed by atoms with Gasteiger partial charge in [0, 0.05) is 17.3 Å². The van der Waals surface area contributed by atoms with Gasteiger partial charge in [0.1, 0.15) is 11.6 Å². The molecule has 0 amide bonds. The van der Waals surface area contributed by atoms with Crippen molar-refractivity contribution >= 4 is 17.2 Å². The van der Waals surface area contributed by atoms with E-state index in [9.17, 15) is 0 Å². The molecule has 5 heteroatoms. The summed E-state index contributed by atoms with van der Waals surface area (Å²) in [4.78, 5) is 8.88. The number of nitrogens with two attached hydrogens (primary N) is 1. The number of hydrogen-bond acceptors (Lipinski definition) is 5. The lowest BCUT2D eigenvalue weighted by Crippen LogP contribution is -2.03. The third-order valence-corrected chi connectivity index (χ3v) is 3.57. The van der Waals surface area contributed by atoms with Crippen molar-refractivity contribution in [1.29, 1.82) is 0 Å². The van der Waals surface area contributed by atoms with Crippen LogP contribution in [-0.4, -0.2) is 15.7 Å². The zero-order valence-electron chi connectivity index (χ0n) is 13.7. The maximum absolute atomic E-state index is 5.71. The molecule has 0 unspecified atom stereocenters. The third-order valence-electron chi connectivity index (χ3n) is 3.57. The van der Waals surface area contributed by atoms with E-state index < -0.39 is 0 Å². The Hall–Kier alpha value is -3.21. The Morgan fingerprint density at radius 3 is 2.42 bits per heavy atom. The first kappa shape index (κ1) is 15.7. The molecule has 0 fully saturated rings. The van der Waals surface area contributed by atoms with E-state index in [2.05, 4.69) is 20.5 Å². The van der Waals surface area contributed by atoms with Crippen molar-refractivity contribution in [2.45, 2.75) is 13.8 Å². The van der Waals surface area contributed by atoms with Gasteiger partial charge in [0.2, 0.25) is 0 Å². The number of rotatable bonds is 4. The Labute approximate surface area is 141 Å². The fraction of sp³-hybridized carbons (Fsp3) is 0.105. The lowest BCUT2D eigenvalue weighted by molar-refractivity contribution is 1.05. The molecule has 0 aliphatic heterocycles. The summed E-state index contributed by atoms with van der Waals surface area (Å²) in [7, 11) is 0. The van der Waals surface area contributed by atoms with E-state index in [0.29, 0.717) is 11.6 Å².